The van der Waals surface area contributed by atoms with E-state index >= 15 is 0 Å². The Morgan fingerprint density at radius 1 is 1.30 bits per heavy atom. The minimum Gasteiger partial charge on any atom is -0.392 e. The molecule has 1 aliphatic rings. The van der Waals surface area contributed by atoms with Crippen LogP contribution in [0.25, 0.3) is 0 Å². The highest BCUT2D eigenvalue weighted by Gasteiger charge is 2.28. The zero-order valence-electron chi connectivity index (χ0n) is 11.8. The van der Waals surface area contributed by atoms with Crippen molar-refractivity contribution in [2.45, 2.75) is 38.8 Å². The first kappa shape index (κ1) is 13.3. The molecular weight excluding hydrogens is 254 g/mol. The smallest absolute Gasteiger partial charge is 0.243 e. The molecule has 5 nitrogen and oxygen atoms in total. The predicted octanol–water partition coefficient (Wildman–Crippen LogP) is 1.67. The van der Waals surface area contributed by atoms with Gasteiger partial charge in [-0.05, 0) is 25.8 Å². The topological polar surface area (TPSA) is 71.2 Å². The standard InChI is InChI=1S/C15H19N3O2/c1-9-3-10(2)5-11(4-9)6-14-17-15(20-18-14)13-7-12(19)8-16-13/h3-5,12-13,16,19H,6-8H2,1-2H3/t12-,13-/m0/s1. The van der Waals surface area contributed by atoms with Crippen LogP contribution in [0, 0.1) is 13.8 Å². The third-order valence-corrected chi connectivity index (χ3v) is 3.53. The first-order valence-electron chi connectivity index (χ1n) is 6.91. The SMILES string of the molecule is Cc1cc(C)cc(Cc2noc([C@@H]3C[C@H](O)CN3)n2)c1. The van der Waals surface area contributed by atoms with Crippen molar-refractivity contribution < 1.29 is 9.63 Å². The van der Waals surface area contributed by atoms with Crippen LogP contribution in [0.1, 0.15) is 40.9 Å². The number of hydrogen-bond acceptors (Lipinski definition) is 5. The molecule has 2 N–H and O–H groups in total. The van der Waals surface area contributed by atoms with Gasteiger partial charge in [-0.2, -0.15) is 4.98 Å². The first-order chi connectivity index (χ1) is 9.60. The van der Waals surface area contributed by atoms with E-state index in [1.165, 1.54) is 16.7 Å². The van der Waals surface area contributed by atoms with Gasteiger partial charge in [0.2, 0.25) is 5.89 Å². The van der Waals surface area contributed by atoms with Crippen LogP contribution in [0.4, 0.5) is 0 Å². The molecule has 5 heteroatoms. The van der Waals surface area contributed by atoms with Crippen LogP contribution >= 0.6 is 0 Å². The molecule has 3 rings (SSSR count). The summed E-state index contributed by atoms with van der Waals surface area (Å²) in [6.45, 7) is 4.75. The van der Waals surface area contributed by atoms with Crippen molar-refractivity contribution in [3.8, 4) is 0 Å². The molecule has 0 radical (unpaired) electrons. The Kier molecular flexibility index (Phi) is 3.54. The van der Waals surface area contributed by atoms with Crippen molar-refractivity contribution in [3.63, 3.8) is 0 Å². The van der Waals surface area contributed by atoms with Crippen LogP contribution < -0.4 is 5.32 Å². The van der Waals surface area contributed by atoms with Gasteiger partial charge < -0.3 is 14.9 Å². The molecule has 1 aromatic carbocycles. The zero-order chi connectivity index (χ0) is 14.1. The minimum atomic E-state index is -0.324. The highest BCUT2D eigenvalue weighted by molar-refractivity contribution is 5.30. The maximum Gasteiger partial charge on any atom is 0.243 e. The number of aliphatic hydroxyl groups excluding tert-OH is 1. The Morgan fingerprint density at radius 3 is 2.70 bits per heavy atom. The average Bonchev–Trinajstić information content (AvgIpc) is 2.96. The Hall–Kier alpha value is -1.72. The largest absolute Gasteiger partial charge is 0.392 e. The summed E-state index contributed by atoms with van der Waals surface area (Å²) in [6.07, 6.45) is 0.974. The van der Waals surface area contributed by atoms with Gasteiger partial charge in [0.1, 0.15) is 0 Å². The normalized spacial score (nSPS) is 22.4. The van der Waals surface area contributed by atoms with E-state index in [-0.39, 0.29) is 12.1 Å². The summed E-state index contributed by atoms with van der Waals surface area (Å²) in [6, 6.07) is 6.40. The molecular formula is C15H19N3O2. The molecule has 0 amide bonds. The summed E-state index contributed by atoms with van der Waals surface area (Å²) in [5, 5.41) is 16.7. The molecule has 1 saturated heterocycles. The van der Waals surface area contributed by atoms with Gasteiger partial charge in [-0.3, -0.25) is 0 Å². The second-order valence-electron chi connectivity index (χ2n) is 5.57. The van der Waals surface area contributed by atoms with Gasteiger partial charge in [0.25, 0.3) is 0 Å². The molecule has 2 aromatic rings. The Bertz CT molecular complexity index is 589. The van der Waals surface area contributed by atoms with E-state index in [0.29, 0.717) is 31.1 Å². The molecule has 0 unspecified atom stereocenters. The summed E-state index contributed by atoms with van der Waals surface area (Å²) in [4.78, 5) is 4.43. The third kappa shape index (κ3) is 2.89. The van der Waals surface area contributed by atoms with Crippen molar-refractivity contribution in [1.82, 2.24) is 15.5 Å². The van der Waals surface area contributed by atoms with Crippen LogP contribution in [-0.2, 0) is 6.42 Å². The van der Waals surface area contributed by atoms with Crippen LogP contribution in [0.15, 0.2) is 22.7 Å². The predicted molar refractivity (Wildman–Crippen MR) is 74.4 cm³/mol. The van der Waals surface area contributed by atoms with Gasteiger partial charge in [0, 0.05) is 13.0 Å². The van der Waals surface area contributed by atoms with Gasteiger partial charge in [0.15, 0.2) is 5.82 Å². The van der Waals surface area contributed by atoms with Crippen molar-refractivity contribution in [1.29, 1.82) is 0 Å². The van der Waals surface area contributed by atoms with E-state index in [4.69, 9.17) is 4.52 Å². The highest BCUT2D eigenvalue weighted by Crippen LogP contribution is 2.22. The lowest BCUT2D eigenvalue weighted by atomic mass is 10.1. The van der Waals surface area contributed by atoms with Gasteiger partial charge >= 0.3 is 0 Å². The van der Waals surface area contributed by atoms with Gasteiger partial charge in [-0.1, -0.05) is 34.5 Å². The number of aryl methyl sites for hydroxylation is 2. The zero-order valence-corrected chi connectivity index (χ0v) is 11.8. The maximum atomic E-state index is 9.51. The van der Waals surface area contributed by atoms with Crippen LogP contribution in [-0.4, -0.2) is 27.9 Å². The molecule has 1 fully saturated rings. The molecule has 0 saturated carbocycles. The minimum absolute atomic E-state index is 0.0227. The Labute approximate surface area is 118 Å². The van der Waals surface area contributed by atoms with Gasteiger partial charge in [-0.25, -0.2) is 0 Å². The number of rotatable bonds is 3. The fourth-order valence-corrected chi connectivity index (χ4v) is 2.74. The number of benzene rings is 1. The lowest BCUT2D eigenvalue weighted by Gasteiger charge is -2.02. The van der Waals surface area contributed by atoms with E-state index in [1.807, 2.05) is 0 Å². The summed E-state index contributed by atoms with van der Waals surface area (Å²) < 4.78 is 5.29. The van der Waals surface area contributed by atoms with Gasteiger partial charge in [-0.15, -0.1) is 0 Å². The number of hydrogen-bond donors (Lipinski definition) is 2. The third-order valence-electron chi connectivity index (χ3n) is 3.53. The van der Waals surface area contributed by atoms with Crippen molar-refractivity contribution in [3.05, 3.63) is 46.6 Å². The van der Waals surface area contributed by atoms with Crippen molar-refractivity contribution in [2.75, 3.05) is 6.54 Å². The number of β-amino-alcohol motifs (C(OH)–C–C–N with tert-alkyl or cyclic N) is 1. The monoisotopic (exact) mass is 273 g/mol. The fraction of sp³-hybridized carbons (Fsp3) is 0.467. The summed E-state index contributed by atoms with van der Waals surface area (Å²) in [5.74, 6) is 1.26. The molecule has 0 spiro atoms. The second-order valence-corrected chi connectivity index (χ2v) is 5.57. The van der Waals surface area contributed by atoms with E-state index in [0.717, 1.165) is 0 Å². The van der Waals surface area contributed by atoms with Crippen LogP contribution in [0.2, 0.25) is 0 Å². The summed E-state index contributed by atoms with van der Waals surface area (Å²) in [7, 11) is 0. The molecule has 0 aliphatic carbocycles. The van der Waals surface area contributed by atoms with E-state index in [1.54, 1.807) is 0 Å². The molecule has 1 aliphatic heterocycles. The number of nitrogens with zero attached hydrogens (tertiary/aromatic N) is 2. The van der Waals surface area contributed by atoms with Gasteiger partial charge in [0.05, 0.1) is 12.1 Å². The van der Waals surface area contributed by atoms with E-state index in [2.05, 4.69) is 47.5 Å². The van der Waals surface area contributed by atoms with Crippen molar-refractivity contribution >= 4 is 0 Å². The van der Waals surface area contributed by atoms with Crippen LogP contribution in [0.5, 0.6) is 0 Å². The molecule has 2 atom stereocenters. The first-order valence-corrected chi connectivity index (χ1v) is 6.91. The van der Waals surface area contributed by atoms with E-state index in [9.17, 15) is 5.11 Å². The maximum absolute atomic E-state index is 9.51. The number of aromatic nitrogens is 2. The highest BCUT2D eigenvalue weighted by atomic mass is 16.5. The van der Waals surface area contributed by atoms with Crippen molar-refractivity contribution in [2.24, 2.45) is 0 Å². The molecule has 0 bridgehead atoms. The molecule has 1 aromatic heterocycles. The lowest BCUT2D eigenvalue weighted by Crippen LogP contribution is -2.15. The quantitative estimate of drug-likeness (QED) is 0.890. The van der Waals surface area contributed by atoms with E-state index < -0.39 is 0 Å². The number of aliphatic hydroxyl groups is 1. The average molecular weight is 273 g/mol. The lowest BCUT2D eigenvalue weighted by molar-refractivity contribution is 0.191. The molecule has 20 heavy (non-hydrogen) atoms. The summed E-state index contributed by atoms with van der Waals surface area (Å²) in [5.41, 5.74) is 3.67. The second kappa shape index (κ2) is 5.34. The number of nitrogens with one attached hydrogen (secondary N) is 1. The Balaban J connectivity index is 1.73. The molecule has 106 valence electrons. The molecule has 2 heterocycles. The summed E-state index contributed by atoms with van der Waals surface area (Å²) >= 11 is 0. The van der Waals surface area contributed by atoms with Crippen LogP contribution in [0.3, 0.4) is 0 Å². The Morgan fingerprint density at radius 2 is 2.05 bits per heavy atom. The fourth-order valence-electron chi connectivity index (χ4n) is 2.74.